The van der Waals surface area contributed by atoms with E-state index in [2.05, 4.69) is 39.8 Å². The lowest BCUT2D eigenvalue weighted by Crippen LogP contribution is -2.47. The van der Waals surface area contributed by atoms with Gasteiger partial charge in [-0.05, 0) is 74.0 Å². The fourth-order valence-electron chi connectivity index (χ4n) is 6.13. The summed E-state index contributed by atoms with van der Waals surface area (Å²) in [4.78, 5) is 10.7. The summed E-state index contributed by atoms with van der Waals surface area (Å²) in [6, 6.07) is 0. The number of hydrogen-bond donors (Lipinski definition) is 2. The summed E-state index contributed by atoms with van der Waals surface area (Å²) in [7, 11) is 0. The largest absolute Gasteiger partial charge is 0.478 e. The molecule has 3 heteroatoms. The summed E-state index contributed by atoms with van der Waals surface area (Å²) < 4.78 is 0. The van der Waals surface area contributed by atoms with Crippen LogP contribution in [-0.4, -0.2) is 22.3 Å². The van der Waals surface area contributed by atoms with Gasteiger partial charge < -0.3 is 10.2 Å². The molecule has 0 radical (unpaired) electrons. The summed E-state index contributed by atoms with van der Waals surface area (Å²) in [5, 5.41) is 19.3. The molecule has 2 N–H and O–H groups in total. The van der Waals surface area contributed by atoms with Gasteiger partial charge in [0.25, 0.3) is 0 Å². The highest BCUT2D eigenvalue weighted by atomic mass is 16.4. The molecule has 0 amide bonds. The molecule has 3 aliphatic rings. The number of carboxylic acids is 1. The molecule has 3 fully saturated rings. The highest BCUT2D eigenvalue weighted by Gasteiger charge is 2.66. The number of aliphatic hydroxyl groups excluding tert-OH is 1. The number of hydrogen-bond acceptors (Lipinski definition) is 2. The predicted molar refractivity (Wildman–Crippen MR) is 99.9 cm³/mol. The Balaban J connectivity index is 1.91. The minimum absolute atomic E-state index is 0.115. The molecule has 138 valence electrons. The molecule has 0 aromatic heterocycles. The van der Waals surface area contributed by atoms with Gasteiger partial charge in [0.15, 0.2) is 0 Å². The van der Waals surface area contributed by atoms with Crippen molar-refractivity contribution in [2.45, 2.75) is 53.1 Å². The van der Waals surface area contributed by atoms with Gasteiger partial charge in [-0.25, -0.2) is 4.79 Å². The number of aliphatic hydroxyl groups is 1. The maximum Gasteiger partial charge on any atom is 0.328 e. The molecule has 0 aliphatic heterocycles. The SMILES string of the molecule is C/C=C(/C)[C@H]1[C@H](/C=C/C=C/C(=O)O)[C@@H](C)C[C@H]2C[C@H](O)[C@H]3C[C@@]3(C)[C@@H]21. The Labute approximate surface area is 151 Å². The third kappa shape index (κ3) is 3.23. The van der Waals surface area contributed by atoms with Gasteiger partial charge in [-0.2, -0.15) is 0 Å². The van der Waals surface area contributed by atoms with Crippen LogP contribution in [0.1, 0.15) is 47.0 Å². The van der Waals surface area contributed by atoms with Gasteiger partial charge in [0, 0.05) is 6.08 Å². The maximum atomic E-state index is 10.7. The van der Waals surface area contributed by atoms with Gasteiger partial charge in [0.2, 0.25) is 0 Å². The van der Waals surface area contributed by atoms with Crippen molar-refractivity contribution in [1.29, 1.82) is 0 Å². The smallest absolute Gasteiger partial charge is 0.328 e. The predicted octanol–water partition coefficient (Wildman–Crippen LogP) is 4.45. The van der Waals surface area contributed by atoms with Crippen LogP contribution in [0.2, 0.25) is 0 Å². The molecule has 8 atom stereocenters. The first-order valence-electron chi connectivity index (χ1n) is 9.68. The number of fused-ring (bicyclic) bond motifs is 3. The van der Waals surface area contributed by atoms with Crippen molar-refractivity contribution in [1.82, 2.24) is 0 Å². The molecule has 0 bridgehead atoms. The van der Waals surface area contributed by atoms with Crippen LogP contribution in [0.3, 0.4) is 0 Å². The van der Waals surface area contributed by atoms with Crippen molar-refractivity contribution in [2.75, 3.05) is 0 Å². The normalized spacial score (nSPS) is 46.9. The van der Waals surface area contributed by atoms with Crippen LogP contribution in [0.15, 0.2) is 36.0 Å². The standard InChI is InChI=1S/C22H32O3/c1-5-13(2)20-16(8-6-7-9-19(24)25)14(3)10-15-11-18(23)17-12-22(17,4)21(15)20/h5-9,14-18,20-21,23H,10-12H2,1-4H3,(H,24,25)/b8-6+,9-7+,13-5-/t14-,15-,16+,17+,18-,20-,21-,22+/m0/s1. The molecule has 0 heterocycles. The average molecular weight is 344 g/mol. The van der Waals surface area contributed by atoms with Crippen LogP contribution in [-0.2, 0) is 4.79 Å². The molecule has 0 unspecified atom stereocenters. The first-order chi connectivity index (χ1) is 11.8. The molecule has 0 aromatic carbocycles. The Kier molecular flexibility index (Phi) is 4.98. The maximum absolute atomic E-state index is 10.7. The highest BCUT2D eigenvalue weighted by molar-refractivity contribution is 5.80. The topological polar surface area (TPSA) is 57.5 Å². The highest BCUT2D eigenvalue weighted by Crippen LogP contribution is 2.70. The van der Waals surface area contributed by atoms with Crippen molar-refractivity contribution < 1.29 is 15.0 Å². The molecule has 3 nitrogen and oxygen atoms in total. The van der Waals surface area contributed by atoms with E-state index in [1.807, 2.05) is 6.08 Å². The zero-order valence-corrected chi connectivity index (χ0v) is 15.9. The zero-order valence-electron chi connectivity index (χ0n) is 15.9. The molecule has 25 heavy (non-hydrogen) atoms. The van der Waals surface area contributed by atoms with Crippen LogP contribution < -0.4 is 0 Å². The molecular formula is C22H32O3. The Hall–Kier alpha value is -1.35. The van der Waals surface area contributed by atoms with E-state index in [4.69, 9.17) is 5.11 Å². The Bertz CT molecular complexity index is 617. The minimum Gasteiger partial charge on any atom is -0.478 e. The van der Waals surface area contributed by atoms with Gasteiger partial charge in [0.05, 0.1) is 6.10 Å². The lowest BCUT2D eigenvalue weighted by atomic mass is 9.53. The van der Waals surface area contributed by atoms with Gasteiger partial charge in [-0.1, -0.05) is 43.7 Å². The van der Waals surface area contributed by atoms with Crippen LogP contribution >= 0.6 is 0 Å². The summed E-state index contributed by atoms with van der Waals surface area (Å²) >= 11 is 0. The third-order valence-electron chi connectivity index (χ3n) is 7.42. The number of carboxylic acid groups (broad SMARTS) is 1. The van der Waals surface area contributed by atoms with E-state index < -0.39 is 5.97 Å². The van der Waals surface area contributed by atoms with Crippen molar-refractivity contribution in [3.05, 3.63) is 36.0 Å². The zero-order chi connectivity index (χ0) is 18.4. The fourth-order valence-corrected chi connectivity index (χ4v) is 6.13. The number of carbonyl (C=O) groups is 1. The minimum atomic E-state index is -0.905. The van der Waals surface area contributed by atoms with Crippen LogP contribution in [0.25, 0.3) is 0 Å². The van der Waals surface area contributed by atoms with E-state index in [1.165, 1.54) is 11.6 Å². The second kappa shape index (κ2) is 6.75. The van der Waals surface area contributed by atoms with Gasteiger partial charge >= 0.3 is 5.97 Å². The van der Waals surface area contributed by atoms with Crippen molar-refractivity contribution in [2.24, 2.45) is 40.9 Å². The lowest BCUT2D eigenvalue weighted by molar-refractivity contribution is -0.131. The number of rotatable bonds is 4. The monoisotopic (exact) mass is 344 g/mol. The summed E-state index contributed by atoms with van der Waals surface area (Å²) in [5.41, 5.74) is 1.72. The molecule has 0 saturated heterocycles. The van der Waals surface area contributed by atoms with E-state index >= 15 is 0 Å². The quantitative estimate of drug-likeness (QED) is 0.450. The number of aliphatic carboxylic acids is 1. The molecule has 3 saturated carbocycles. The first-order valence-corrected chi connectivity index (χ1v) is 9.68. The first kappa shape index (κ1) is 18.4. The van der Waals surface area contributed by atoms with Crippen LogP contribution in [0, 0.1) is 40.9 Å². The van der Waals surface area contributed by atoms with E-state index in [9.17, 15) is 9.90 Å². The van der Waals surface area contributed by atoms with E-state index in [-0.39, 0.29) is 11.5 Å². The van der Waals surface area contributed by atoms with Gasteiger partial charge in [-0.3, -0.25) is 0 Å². The summed E-state index contributed by atoms with van der Waals surface area (Å²) in [5.74, 6) is 2.28. The Morgan fingerprint density at radius 3 is 2.60 bits per heavy atom. The van der Waals surface area contributed by atoms with E-state index in [0.29, 0.717) is 35.5 Å². The molecule has 3 rings (SSSR count). The Morgan fingerprint density at radius 1 is 1.24 bits per heavy atom. The molecule has 3 aliphatic carbocycles. The van der Waals surface area contributed by atoms with Gasteiger partial charge in [0.1, 0.15) is 0 Å². The summed E-state index contributed by atoms with van der Waals surface area (Å²) in [6.45, 7) is 9.07. The van der Waals surface area contributed by atoms with Crippen LogP contribution in [0.4, 0.5) is 0 Å². The van der Waals surface area contributed by atoms with Crippen molar-refractivity contribution in [3.63, 3.8) is 0 Å². The van der Waals surface area contributed by atoms with E-state index in [0.717, 1.165) is 19.3 Å². The summed E-state index contributed by atoms with van der Waals surface area (Å²) in [6.07, 6.45) is 12.4. The number of allylic oxidation sites excluding steroid dienone is 5. The van der Waals surface area contributed by atoms with Crippen molar-refractivity contribution >= 4 is 5.97 Å². The lowest BCUT2D eigenvalue weighted by Gasteiger charge is -2.52. The van der Waals surface area contributed by atoms with Gasteiger partial charge in [-0.15, -0.1) is 0 Å². The second-order valence-corrected chi connectivity index (χ2v) is 8.84. The van der Waals surface area contributed by atoms with E-state index in [1.54, 1.807) is 6.08 Å². The van der Waals surface area contributed by atoms with Crippen LogP contribution in [0.5, 0.6) is 0 Å². The Morgan fingerprint density at radius 2 is 1.96 bits per heavy atom. The third-order valence-corrected chi connectivity index (χ3v) is 7.42. The fraction of sp³-hybridized carbons (Fsp3) is 0.682. The average Bonchev–Trinajstić information content (AvgIpc) is 3.24. The molecular weight excluding hydrogens is 312 g/mol. The van der Waals surface area contributed by atoms with Crippen molar-refractivity contribution in [3.8, 4) is 0 Å². The second-order valence-electron chi connectivity index (χ2n) is 8.84. The molecule has 0 spiro atoms. The molecule has 0 aromatic rings.